The van der Waals surface area contributed by atoms with E-state index < -0.39 is 10.0 Å². The van der Waals surface area contributed by atoms with Gasteiger partial charge in [0.2, 0.25) is 15.9 Å². The van der Waals surface area contributed by atoms with E-state index in [2.05, 4.69) is 15.9 Å². The lowest BCUT2D eigenvalue weighted by Crippen LogP contribution is -2.41. The van der Waals surface area contributed by atoms with E-state index in [4.69, 9.17) is 4.74 Å². The first-order chi connectivity index (χ1) is 12.6. The van der Waals surface area contributed by atoms with Gasteiger partial charge in [0.05, 0.1) is 19.1 Å². The lowest BCUT2D eigenvalue weighted by Gasteiger charge is -2.26. The van der Waals surface area contributed by atoms with Gasteiger partial charge in [-0.3, -0.25) is 9.10 Å². The molecule has 2 rings (SSSR count). The van der Waals surface area contributed by atoms with Gasteiger partial charge in [0.1, 0.15) is 12.3 Å². The minimum atomic E-state index is -3.62. The summed E-state index contributed by atoms with van der Waals surface area (Å²) in [5.41, 5.74) is 2.19. The molecule has 0 aliphatic carbocycles. The van der Waals surface area contributed by atoms with Crippen LogP contribution in [0.15, 0.2) is 46.9 Å². The number of anilines is 1. The van der Waals surface area contributed by atoms with Crippen LogP contribution in [0.3, 0.4) is 0 Å². The summed E-state index contributed by atoms with van der Waals surface area (Å²) in [5, 5.41) is 0. The number of hydrogen-bond donors (Lipinski definition) is 0. The molecule has 0 bridgehead atoms. The second-order valence-electron chi connectivity index (χ2n) is 6.26. The van der Waals surface area contributed by atoms with Crippen LogP contribution in [0.1, 0.15) is 11.1 Å². The quantitative estimate of drug-likeness (QED) is 0.643. The summed E-state index contributed by atoms with van der Waals surface area (Å²) in [5.74, 6) is 0.368. The van der Waals surface area contributed by atoms with Crippen molar-refractivity contribution >= 4 is 37.5 Å². The smallest absolute Gasteiger partial charge is 0.243 e. The van der Waals surface area contributed by atoms with Crippen LogP contribution >= 0.6 is 15.9 Å². The van der Waals surface area contributed by atoms with Gasteiger partial charge in [-0.1, -0.05) is 34.1 Å². The van der Waals surface area contributed by atoms with Gasteiger partial charge >= 0.3 is 0 Å². The molecular formula is C19H23BrN2O4S. The van der Waals surface area contributed by atoms with Gasteiger partial charge in [0, 0.05) is 23.6 Å². The molecule has 0 unspecified atom stereocenters. The van der Waals surface area contributed by atoms with Gasteiger partial charge in [0.25, 0.3) is 0 Å². The molecule has 0 saturated heterocycles. The predicted octanol–water partition coefficient (Wildman–Crippen LogP) is 3.19. The third kappa shape index (κ3) is 5.46. The second-order valence-corrected chi connectivity index (χ2v) is 9.03. The minimum Gasteiger partial charge on any atom is -0.496 e. The average Bonchev–Trinajstić information content (AvgIpc) is 2.61. The molecule has 0 aromatic heterocycles. The zero-order valence-electron chi connectivity index (χ0n) is 15.8. The summed E-state index contributed by atoms with van der Waals surface area (Å²) in [4.78, 5) is 14.2. The molecule has 0 aliphatic rings. The molecule has 0 radical (unpaired) electrons. The summed E-state index contributed by atoms with van der Waals surface area (Å²) in [6.45, 7) is 1.91. The molecule has 0 heterocycles. The number of rotatable bonds is 7. The molecule has 0 spiro atoms. The van der Waals surface area contributed by atoms with Crippen molar-refractivity contribution < 1.29 is 17.9 Å². The number of hydrogen-bond acceptors (Lipinski definition) is 4. The second kappa shape index (κ2) is 8.75. The zero-order chi connectivity index (χ0) is 20.2. The Balaban J connectivity index is 2.21. The molecule has 6 nitrogen and oxygen atoms in total. The number of amides is 1. The Hall–Kier alpha value is -2.06. The first kappa shape index (κ1) is 21.2. The zero-order valence-corrected chi connectivity index (χ0v) is 18.2. The van der Waals surface area contributed by atoms with Crippen molar-refractivity contribution in [2.45, 2.75) is 13.5 Å². The number of halogens is 1. The summed E-state index contributed by atoms with van der Waals surface area (Å²) in [6.07, 6.45) is 1.10. The maximum atomic E-state index is 12.7. The number of para-hydroxylation sites is 1. The normalized spacial score (nSPS) is 11.1. The van der Waals surface area contributed by atoms with E-state index in [0.717, 1.165) is 26.2 Å². The maximum Gasteiger partial charge on any atom is 0.243 e. The number of methoxy groups -OCH3 is 1. The van der Waals surface area contributed by atoms with Crippen LogP contribution < -0.4 is 9.04 Å². The van der Waals surface area contributed by atoms with Gasteiger partial charge in [-0.2, -0.15) is 0 Å². The third-order valence-corrected chi connectivity index (χ3v) is 6.16. The molecular weight excluding hydrogens is 432 g/mol. The van der Waals surface area contributed by atoms with Gasteiger partial charge in [0.15, 0.2) is 0 Å². The molecule has 0 fully saturated rings. The van der Waals surface area contributed by atoms with Crippen molar-refractivity contribution in [3.8, 4) is 5.75 Å². The van der Waals surface area contributed by atoms with Gasteiger partial charge in [-0.25, -0.2) is 8.42 Å². The molecule has 0 atom stereocenters. The highest BCUT2D eigenvalue weighted by Crippen LogP contribution is 2.25. The lowest BCUT2D eigenvalue weighted by atomic mass is 10.2. The summed E-state index contributed by atoms with van der Waals surface area (Å²) < 4.78 is 31.8. The van der Waals surface area contributed by atoms with Crippen molar-refractivity contribution in [3.05, 3.63) is 58.1 Å². The highest BCUT2D eigenvalue weighted by molar-refractivity contribution is 9.10. The van der Waals surface area contributed by atoms with Crippen LogP contribution in [0.4, 0.5) is 5.69 Å². The SMILES string of the molecule is COc1ccccc1CN(C)C(=O)CN(c1ccc(Br)c(C)c1)S(C)(=O)=O. The molecule has 27 heavy (non-hydrogen) atoms. The first-order valence-corrected chi connectivity index (χ1v) is 10.9. The van der Waals surface area contributed by atoms with Crippen molar-refractivity contribution in [3.63, 3.8) is 0 Å². The van der Waals surface area contributed by atoms with E-state index in [0.29, 0.717) is 18.0 Å². The Labute approximate surface area is 168 Å². The van der Waals surface area contributed by atoms with Crippen molar-refractivity contribution in [1.82, 2.24) is 4.90 Å². The number of ether oxygens (including phenoxy) is 1. The van der Waals surface area contributed by atoms with Gasteiger partial charge in [-0.05, 0) is 36.8 Å². The largest absolute Gasteiger partial charge is 0.496 e. The monoisotopic (exact) mass is 454 g/mol. The number of nitrogens with zero attached hydrogens (tertiary/aromatic N) is 2. The van der Waals surface area contributed by atoms with Crippen LogP contribution in [0.2, 0.25) is 0 Å². The number of carbonyl (C=O) groups is 1. The number of aryl methyl sites for hydroxylation is 1. The molecule has 0 aliphatic heterocycles. The number of likely N-dealkylation sites (N-methyl/N-ethyl adjacent to an activating group) is 1. The first-order valence-electron chi connectivity index (χ1n) is 8.23. The highest BCUT2D eigenvalue weighted by Gasteiger charge is 2.23. The molecule has 8 heteroatoms. The van der Waals surface area contributed by atoms with Gasteiger partial charge < -0.3 is 9.64 Å². The number of carbonyl (C=O) groups excluding carboxylic acids is 1. The fourth-order valence-electron chi connectivity index (χ4n) is 2.60. The van der Waals surface area contributed by atoms with E-state index in [9.17, 15) is 13.2 Å². The summed E-state index contributed by atoms with van der Waals surface area (Å²) in [6, 6.07) is 12.6. The Bertz CT molecular complexity index is 931. The molecule has 2 aromatic rings. The van der Waals surface area contributed by atoms with Crippen molar-refractivity contribution in [1.29, 1.82) is 0 Å². The maximum absolute atomic E-state index is 12.7. The topological polar surface area (TPSA) is 66.9 Å². The number of benzene rings is 2. The van der Waals surface area contributed by atoms with E-state index in [1.54, 1.807) is 32.4 Å². The Morgan fingerprint density at radius 2 is 1.85 bits per heavy atom. The van der Waals surface area contributed by atoms with E-state index in [1.807, 2.05) is 31.2 Å². The summed E-state index contributed by atoms with van der Waals surface area (Å²) >= 11 is 3.40. The van der Waals surface area contributed by atoms with Crippen LogP contribution in [0, 0.1) is 6.92 Å². The van der Waals surface area contributed by atoms with E-state index >= 15 is 0 Å². The fourth-order valence-corrected chi connectivity index (χ4v) is 3.69. The number of sulfonamides is 1. The minimum absolute atomic E-state index is 0.272. The Kier molecular flexibility index (Phi) is 6.89. The van der Waals surface area contributed by atoms with Crippen LogP contribution in [0.5, 0.6) is 5.75 Å². The van der Waals surface area contributed by atoms with Crippen LogP contribution in [0.25, 0.3) is 0 Å². The molecule has 146 valence electrons. The predicted molar refractivity (Wildman–Crippen MR) is 111 cm³/mol. The highest BCUT2D eigenvalue weighted by atomic mass is 79.9. The lowest BCUT2D eigenvalue weighted by molar-refractivity contribution is -0.128. The third-order valence-electron chi connectivity index (χ3n) is 4.13. The molecule has 0 N–H and O–H groups in total. The van der Waals surface area contributed by atoms with Crippen molar-refractivity contribution in [2.75, 3.05) is 31.3 Å². The molecule has 2 aromatic carbocycles. The van der Waals surface area contributed by atoms with Crippen molar-refractivity contribution in [2.24, 2.45) is 0 Å². The standard InChI is InChI=1S/C19H23BrN2O4S/c1-14-11-16(9-10-17(14)20)22(27(4,24)25)13-19(23)21(2)12-15-7-5-6-8-18(15)26-3/h5-11H,12-13H2,1-4H3. The van der Waals surface area contributed by atoms with Gasteiger partial charge in [-0.15, -0.1) is 0 Å². The molecule has 0 saturated carbocycles. The Morgan fingerprint density at radius 3 is 2.44 bits per heavy atom. The van der Waals surface area contributed by atoms with E-state index in [-0.39, 0.29) is 12.5 Å². The average molecular weight is 455 g/mol. The molecule has 1 amide bonds. The van der Waals surface area contributed by atoms with Crippen LogP contribution in [-0.4, -0.2) is 46.2 Å². The Morgan fingerprint density at radius 1 is 1.19 bits per heavy atom. The van der Waals surface area contributed by atoms with Crippen LogP contribution in [-0.2, 0) is 21.4 Å². The fraction of sp³-hybridized carbons (Fsp3) is 0.316. The van der Waals surface area contributed by atoms with E-state index in [1.165, 1.54) is 4.90 Å². The summed E-state index contributed by atoms with van der Waals surface area (Å²) in [7, 11) is -0.404.